The smallest absolute Gasteiger partial charge is 0.270 e. The molecule has 1 fully saturated rings. The molecule has 26 heavy (non-hydrogen) atoms. The predicted molar refractivity (Wildman–Crippen MR) is 102 cm³/mol. The maximum absolute atomic E-state index is 12.4. The molecule has 7 heteroatoms. The van der Waals surface area contributed by atoms with Gasteiger partial charge in [0.2, 0.25) is 0 Å². The number of benzene rings is 1. The second-order valence-corrected chi connectivity index (χ2v) is 7.00. The Kier molecular flexibility index (Phi) is 5.74. The lowest BCUT2D eigenvalue weighted by molar-refractivity contribution is 0.0853. The maximum atomic E-state index is 12.4. The van der Waals surface area contributed by atoms with Crippen LogP contribution in [-0.2, 0) is 4.74 Å². The van der Waals surface area contributed by atoms with Gasteiger partial charge in [-0.2, -0.15) is 0 Å². The second-order valence-electron chi connectivity index (χ2n) is 6.59. The van der Waals surface area contributed by atoms with Gasteiger partial charge in [-0.1, -0.05) is 17.7 Å². The van der Waals surface area contributed by atoms with Gasteiger partial charge in [0.15, 0.2) is 0 Å². The largest absolute Gasteiger partial charge is 0.376 e. The van der Waals surface area contributed by atoms with Crippen LogP contribution >= 0.6 is 11.6 Å². The fourth-order valence-corrected chi connectivity index (χ4v) is 3.42. The van der Waals surface area contributed by atoms with Crippen LogP contribution in [0.3, 0.4) is 0 Å². The molecule has 1 unspecified atom stereocenters. The Hall–Kier alpha value is -2.18. The Labute approximate surface area is 158 Å². The number of anilines is 2. The molecule has 2 N–H and O–H groups in total. The van der Waals surface area contributed by atoms with Crippen molar-refractivity contribution in [1.82, 2.24) is 15.3 Å². The van der Waals surface area contributed by atoms with Gasteiger partial charge in [-0.3, -0.25) is 4.79 Å². The molecule has 1 saturated heterocycles. The van der Waals surface area contributed by atoms with Crippen LogP contribution in [0.15, 0.2) is 18.2 Å². The van der Waals surface area contributed by atoms with E-state index in [1.807, 2.05) is 26.0 Å². The molecule has 6 nitrogen and oxygen atoms in total. The molecule has 138 valence electrons. The summed E-state index contributed by atoms with van der Waals surface area (Å²) >= 11 is 6.35. The summed E-state index contributed by atoms with van der Waals surface area (Å²) in [6.45, 7) is 6.98. The third kappa shape index (κ3) is 4.51. The van der Waals surface area contributed by atoms with E-state index in [-0.39, 0.29) is 12.0 Å². The van der Waals surface area contributed by atoms with Crippen molar-refractivity contribution in [2.24, 2.45) is 0 Å². The van der Waals surface area contributed by atoms with Gasteiger partial charge < -0.3 is 15.4 Å². The van der Waals surface area contributed by atoms with Crippen molar-refractivity contribution in [3.63, 3.8) is 0 Å². The number of carbonyl (C=O) groups excluding carboxylic acids is 1. The predicted octanol–water partition coefficient (Wildman–Crippen LogP) is 3.71. The van der Waals surface area contributed by atoms with Gasteiger partial charge in [-0.25, -0.2) is 9.97 Å². The van der Waals surface area contributed by atoms with E-state index >= 15 is 0 Å². The van der Waals surface area contributed by atoms with Crippen LogP contribution in [-0.4, -0.2) is 35.1 Å². The number of hydrogen-bond donors (Lipinski definition) is 2. The summed E-state index contributed by atoms with van der Waals surface area (Å²) in [5.74, 6) is 0.813. The second kappa shape index (κ2) is 8.01. The summed E-state index contributed by atoms with van der Waals surface area (Å²) in [6, 6.07) is 5.56. The fraction of sp³-hybridized carbons (Fsp3) is 0.421. The topological polar surface area (TPSA) is 76.1 Å². The van der Waals surface area contributed by atoms with Crippen molar-refractivity contribution in [3.05, 3.63) is 45.9 Å². The maximum Gasteiger partial charge on any atom is 0.270 e. The summed E-state index contributed by atoms with van der Waals surface area (Å²) in [6.07, 6.45) is 2.10. The summed E-state index contributed by atoms with van der Waals surface area (Å²) in [7, 11) is 0. The lowest BCUT2D eigenvalue weighted by Gasteiger charge is -2.14. The number of rotatable bonds is 5. The van der Waals surface area contributed by atoms with E-state index in [1.165, 1.54) is 0 Å². The normalized spacial score (nSPS) is 16.5. The quantitative estimate of drug-likeness (QED) is 0.834. The van der Waals surface area contributed by atoms with Crippen LogP contribution < -0.4 is 10.6 Å². The Morgan fingerprint density at radius 1 is 1.27 bits per heavy atom. The van der Waals surface area contributed by atoms with Crippen LogP contribution in [0.1, 0.15) is 40.3 Å². The van der Waals surface area contributed by atoms with E-state index in [2.05, 4.69) is 20.6 Å². The molecule has 0 spiro atoms. The van der Waals surface area contributed by atoms with Gasteiger partial charge in [-0.15, -0.1) is 0 Å². The highest BCUT2D eigenvalue weighted by atomic mass is 35.5. The monoisotopic (exact) mass is 374 g/mol. The van der Waals surface area contributed by atoms with Crippen molar-refractivity contribution in [2.75, 3.05) is 18.5 Å². The van der Waals surface area contributed by atoms with Crippen molar-refractivity contribution in [3.8, 4) is 0 Å². The zero-order valence-corrected chi connectivity index (χ0v) is 16.0. The van der Waals surface area contributed by atoms with E-state index in [0.29, 0.717) is 28.9 Å². The first-order valence-electron chi connectivity index (χ1n) is 8.71. The lowest BCUT2D eigenvalue weighted by atomic mass is 10.1. The number of aromatic nitrogens is 2. The van der Waals surface area contributed by atoms with Crippen molar-refractivity contribution < 1.29 is 9.53 Å². The van der Waals surface area contributed by atoms with Crippen LogP contribution in [0.5, 0.6) is 0 Å². The summed E-state index contributed by atoms with van der Waals surface area (Å²) < 4.78 is 5.53. The van der Waals surface area contributed by atoms with Crippen molar-refractivity contribution in [2.45, 2.75) is 39.7 Å². The highest BCUT2D eigenvalue weighted by Crippen LogP contribution is 2.29. The third-order valence-electron chi connectivity index (χ3n) is 4.27. The molecule has 1 aromatic heterocycles. The molecule has 0 radical (unpaired) electrons. The number of amides is 1. The van der Waals surface area contributed by atoms with Crippen LogP contribution in [0.2, 0.25) is 5.02 Å². The molecule has 1 aromatic carbocycles. The van der Waals surface area contributed by atoms with Crippen LogP contribution in [0.4, 0.5) is 11.5 Å². The molecule has 0 bridgehead atoms. The molecule has 1 aliphatic rings. The summed E-state index contributed by atoms with van der Waals surface area (Å²) in [4.78, 5) is 21.0. The number of nitrogens with zero attached hydrogens (tertiary/aromatic N) is 2. The lowest BCUT2D eigenvalue weighted by Crippen LogP contribution is -2.32. The molecule has 1 aliphatic heterocycles. The number of hydrogen-bond acceptors (Lipinski definition) is 5. The van der Waals surface area contributed by atoms with E-state index < -0.39 is 0 Å². The minimum Gasteiger partial charge on any atom is -0.376 e. The number of nitrogens with one attached hydrogen (secondary N) is 2. The van der Waals surface area contributed by atoms with Gasteiger partial charge >= 0.3 is 0 Å². The molecule has 1 amide bonds. The average Bonchev–Trinajstić information content (AvgIpc) is 3.09. The molecular formula is C19H23ClN4O2. The summed E-state index contributed by atoms with van der Waals surface area (Å²) in [5, 5.41) is 6.71. The molecule has 0 saturated carbocycles. The van der Waals surface area contributed by atoms with Gasteiger partial charge in [-0.05, 0) is 50.8 Å². The third-order valence-corrected chi connectivity index (χ3v) is 4.57. The molecule has 0 aliphatic carbocycles. The van der Waals surface area contributed by atoms with Crippen molar-refractivity contribution in [1.29, 1.82) is 0 Å². The fourth-order valence-electron chi connectivity index (χ4n) is 3.05. The Balaban J connectivity index is 1.76. The van der Waals surface area contributed by atoms with Gasteiger partial charge in [0.1, 0.15) is 17.3 Å². The first kappa shape index (κ1) is 18.6. The van der Waals surface area contributed by atoms with E-state index in [9.17, 15) is 4.79 Å². The van der Waals surface area contributed by atoms with E-state index in [4.69, 9.17) is 16.3 Å². The summed E-state index contributed by atoms with van der Waals surface area (Å²) in [5.41, 5.74) is 3.20. The van der Waals surface area contributed by atoms with Gasteiger partial charge in [0.25, 0.3) is 5.91 Å². The molecule has 2 heterocycles. The Morgan fingerprint density at radius 3 is 2.77 bits per heavy atom. The number of halogens is 1. The van der Waals surface area contributed by atoms with Crippen LogP contribution in [0.25, 0.3) is 0 Å². The van der Waals surface area contributed by atoms with Gasteiger partial charge in [0, 0.05) is 19.2 Å². The Morgan fingerprint density at radius 2 is 2.08 bits per heavy atom. The molecular weight excluding hydrogens is 352 g/mol. The highest BCUT2D eigenvalue weighted by molar-refractivity contribution is 6.33. The Bertz CT molecular complexity index is 796. The van der Waals surface area contributed by atoms with Crippen molar-refractivity contribution >= 4 is 29.0 Å². The number of aryl methyl sites for hydroxylation is 3. The first-order chi connectivity index (χ1) is 12.4. The standard InChI is InChI=1S/C19H23ClN4O2/c1-11-7-12(2)18(15(20)8-11)24-17-9-16(22-13(3)23-17)19(25)21-10-14-5-4-6-26-14/h7-9,14H,4-6,10H2,1-3H3,(H,21,25)(H,22,23,24). The minimum atomic E-state index is -0.235. The molecule has 1 atom stereocenters. The van der Waals surface area contributed by atoms with Gasteiger partial charge in [0.05, 0.1) is 16.8 Å². The SMILES string of the molecule is Cc1cc(C)c(Nc2cc(C(=O)NCC3CCCO3)nc(C)n2)c(Cl)c1. The van der Waals surface area contributed by atoms with E-state index in [0.717, 1.165) is 36.3 Å². The highest BCUT2D eigenvalue weighted by Gasteiger charge is 2.18. The minimum absolute atomic E-state index is 0.0912. The number of carbonyl (C=O) groups is 1. The molecule has 2 aromatic rings. The average molecular weight is 375 g/mol. The van der Waals surface area contributed by atoms with Crippen LogP contribution in [0, 0.1) is 20.8 Å². The first-order valence-corrected chi connectivity index (χ1v) is 9.09. The zero-order chi connectivity index (χ0) is 18.7. The molecule has 3 rings (SSSR count). The number of ether oxygens (including phenoxy) is 1. The zero-order valence-electron chi connectivity index (χ0n) is 15.2. The van der Waals surface area contributed by atoms with E-state index in [1.54, 1.807) is 13.0 Å².